The lowest BCUT2D eigenvalue weighted by molar-refractivity contribution is -0.121. The summed E-state index contributed by atoms with van der Waals surface area (Å²) < 4.78 is 110. The Labute approximate surface area is 771 Å². The smallest absolute Gasteiger partial charge is 0.415 e. The number of hydrogen-bond acceptors (Lipinski definition) is 22. The molecule has 133 heavy (non-hydrogen) atoms. The van der Waals surface area contributed by atoms with Gasteiger partial charge in [-0.1, -0.05) is 18.2 Å². The minimum absolute atomic E-state index is 0.0353. The van der Waals surface area contributed by atoms with Crippen molar-refractivity contribution in [3.05, 3.63) is 248 Å². The van der Waals surface area contributed by atoms with Gasteiger partial charge in [0, 0.05) is 64.4 Å². The predicted molar refractivity (Wildman–Crippen MR) is 499 cm³/mol. The number of hydrogen-bond donors (Lipinski definition) is 4. The highest BCUT2D eigenvalue weighted by Gasteiger charge is 2.35. The summed E-state index contributed by atoms with van der Waals surface area (Å²) >= 11 is 0. The molecule has 28 nitrogen and oxygen atoms in total. The fourth-order valence-corrected chi connectivity index (χ4v) is 17.5. The van der Waals surface area contributed by atoms with E-state index in [4.69, 9.17) is 55.9 Å². The first-order valence-corrected chi connectivity index (χ1v) is 44.3. The summed E-state index contributed by atoms with van der Waals surface area (Å²) in [5.41, 5.74) is 13.9. The number of nitrogens with zero attached hydrogens (tertiary/aromatic N) is 6. The van der Waals surface area contributed by atoms with Gasteiger partial charge in [0.15, 0.2) is 34.5 Å². The number of nitrogens with one attached hydrogen (secondary N) is 4. The number of halogens is 3. The van der Waals surface area contributed by atoms with Crippen LogP contribution in [-0.4, -0.2) is 220 Å². The van der Waals surface area contributed by atoms with Gasteiger partial charge in [-0.2, -0.15) is 0 Å². The summed E-state index contributed by atoms with van der Waals surface area (Å²) in [7, 11) is 15.2. The van der Waals surface area contributed by atoms with E-state index in [0.717, 1.165) is 156 Å². The number of benzene rings is 6. The van der Waals surface area contributed by atoms with Gasteiger partial charge in [0.05, 0.1) is 100 Å². The van der Waals surface area contributed by atoms with Gasteiger partial charge in [-0.05, 0) is 321 Å². The number of allylic oxidation sites excluding steroid dienone is 6. The maximum absolute atomic E-state index is 14.4. The molecule has 16 rings (SSSR count). The van der Waals surface area contributed by atoms with Gasteiger partial charge < -0.3 is 102 Å². The molecule has 7 heterocycles. The predicted octanol–water partition coefficient (Wildman–Crippen LogP) is 16.5. The number of likely N-dealkylation sites (N-methyl/N-ethyl adjacent to an activating group) is 1. The molecule has 3 aromatic heterocycles. The molecule has 0 bridgehead atoms. The van der Waals surface area contributed by atoms with Crippen LogP contribution in [0.3, 0.4) is 0 Å². The number of carbonyl (C=O) groups excluding carboxylic acids is 6. The summed E-state index contributed by atoms with van der Waals surface area (Å²) in [6.07, 6.45) is 13.2. The Morgan fingerprint density at radius 1 is 0.376 bits per heavy atom. The van der Waals surface area contributed by atoms with E-state index in [0.29, 0.717) is 106 Å². The Hall–Kier alpha value is -13.8. The molecule has 0 radical (unpaired) electrons. The zero-order valence-corrected chi connectivity index (χ0v) is 77.0. The molecule has 9 aromatic rings. The lowest BCUT2D eigenvalue weighted by Gasteiger charge is -2.41. The lowest BCUT2D eigenvalue weighted by atomic mass is 10.00. The topological polar surface area (TPSA) is 292 Å². The van der Waals surface area contributed by atoms with Crippen molar-refractivity contribution in [1.82, 2.24) is 50.7 Å². The van der Waals surface area contributed by atoms with Crippen molar-refractivity contribution in [2.45, 2.75) is 97.4 Å². The van der Waals surface area contributed by atoms with E-state index in [-0.39, 0.29) is 97.4 Å². The third-order valence-electron chi connectivity index (χ3n) is 25.0. The number of furan rings is 3. The van der Waals surface area contributed by atoms with Crippen molar-refractivity contribution >= 4 is 87.7 Å². The minimum Gasteiger partial charge on any atom is -0.493 e. The van der Waals surface area contributed by atoms with E-state index in [2.05, 4.69) is 55.0 Å². The quantitative estimate of drug-likeness (QED) is 0.0392. The molecule has 0 unspecified atom stereocenters. The average Bonchev–Trinajstić information content (AvgIpc) is 1.64. The Morgan fingerprint density at radius 2 is 0.677 bits per heavy atom. The van der Waals surface area contributed by atoms with Crippen LogP contribution in [0.1, 0.15) is 133 Å². The van der Waals surface area contributed by atoms with E-state index >= 15 is 0 Å². The van der Waals surface area contributed by atoms with Gasteiger partial charge in [0.2, 0.25) is 35.0 Å². The molecule has 700 valence electrons. The number of piperidine rings is 2. The number of piperazine rings is 2. The number of methoxy groups -OCH3 is 6. The molecule has 4 saturated heterocycles. The van der Waals surface area contributed by atoms with Crippen molar-refractivity contribution in [3.63, 3.8) is 0 Å². The maximum Gasteiger partial charge on any atom is 0.415 e. The lowest BCUT2D eigenvalue weighted by Crippen LogP contribution is -2.54. The van der Waals surface area contributed by atoms with Gasteiger partial charge in [0.25, 0.3) is 0 Å². The van der Waals surface area contributed by atoms with Crippen LogP contribution in [0.4, 0.5) is 27.6 Å². The first-order valence-electron chi connectivity index (χ1n) is 44.3. The van der Waals surface area contributed by atoms with Crippen LogP contribution >= 0.6 is 0 Å². The van der Waals surface area contributed by atoms with Crippen LogP contribution in [0.25, 0.3) is 51.7 Å². The van der Waals surface area contributed by atoms with E-state index in [1.54, 1.807) is 120 Å². The van der Waals surface area contributed by atoms with E-state index in [1.807, 2.05) is 46.0 Å². The van der Waals surface area contributed by atoms with Gasteiger partial charge >= 0.3 is 18.3 Å². The first-order chi connectivity index (χ1) is 64.2. The molecule has 31 heteroatoms. The third-order valence-corrected chi connectivity index (χ3v) is 25.0. The fourth-order valence-electron chi connectivity index (χ4n) is 17.5. The van der Waals surface area contributed by atoms with Gasteiger partial charge in [-0.3, -0.25) is 19.3 Å². The van der Waals surface area contributed by atoms with Crippen LogP contribution in [-0.2, 0) is 34.0 Å². The molecule has 6 amide bonds. The summed E-state index contributed by atoms with van der Waals surface area (Å²) in [5, 5.41) is 11.5. The summed E-state index contributed by atoms with van der Waals surface area (Å²) in [6, 6.07) is 35.6. The monoisotopic (exact) mass is 1820 g/mol. The van der Waals surface area contributed by atoms with Crippen LogP contribution < -0.4 is 63.9 Å². The van der Waals surface area contributed by atoms with Crippen molar-refractivity contribution < 1.29 is 97.8 Å². The third kappa shape index (κ3) is 23.4. The normalized spacial score (nSPS) is 16.9. The van der Waals surface area contributed by atoms with Crippen molar-refractivity contribution in [3.8, 4) is 51.7 Å². The number of amides is 6. The number of likely N-dealkylation sites (tertiary alicyclic amines) is 2. The van der Waals surface area contributed by atoms with Gasteiger partial charge in [-0.15, -0.1) is 0 Å². The molecule has 4 fully saturated rings. The minimum atomic E-state index is -0.572. The molecule has 3 aliphatic carbocycles. The Morgan fingerprint density at radius 3 is 0.985 bits per heavy atom. The second-order valence-electron chi connectivity index (χ2n) is 33.6. The largest absolute Gasteiger partial charge is 0.493 e. The molecular weight excluding hydrogens is 1710 g/mol. The number of fused-ring (bicyclic) bond motifs is 3. The Bertz CT molecular complexity index is 5850. The summed E-state index contributed by atoms with van der Waals surface area (Å²) in [4.78, 5) is 90.2. The summed E-state index contributed by atoms with van der Waals surface area (Å²) in [6.45, 7) is 16.1. The molecule has 7 aliphatic rings. The molecule has 4 aliphatic heterocycles. The van der Waals surface area contributed by atoms with Crippen LogP contribution in [0.2, 0.25) is 0 Å². The highest BCUT2D eigenvalue weighted by atomic mass is 19.1. The molecule has 4 N–H and O–H groups in total. The standard InChI is InChI=1S/C37H43FN4O6.C33H36FN3O6.C32H34FN3O6/c1-24-30(29-8-7-26(38)21-32(29)31(24)22-35(43)39-23-28-6-5-17-47-28)18-25-19-33(45-3)36(34(20-25)46-4)48-37(44)42-15-13-41(14-16-42)27-9-11-40(2)12-10-27;1-20-26(25-8-7-22(34)17-28(25)27(20)18-31(38)35-19-24-6-5-13-42-24)14-21-15-29(40-3)32(30(16-21)41-4)43-33(39)36-23-9-11-37(2)12-10-23;1-20-25(24-8-7-22(33)17-27(24)26(20)18-30(37)34-19-23-6-5-13-41-23)14-21-15-28(39-3)31(29(16-21)40-4)42-32(38)36-11-9-35(2)10-12-36/h5-8,17-21,27H,9-16,22-23H2,1-4H3,(H,39,43);5-8,13-17,23H,9-12,18-19H2,1-4H3,(H,35,38)(H,36,39);5-8,13-17H,9-12,18-19H2,1-4H3,(H,34,37)/b30-18-;26-14-;25-14-. The highest BCUT2D eigenvalue weighted by molar-refractivity contribution is 6.11. The van der Waals surface area contributed by atoms with Crippen LogP contribution in [0.15, 0.2) is 176 Å². The number of carbonyl (C=O) groups is 6. The van der Waals surface area contributed by atoms with Crippen LogP contribution in [0.5, 0.6) is 51.7 Å². The Balaban J connectivity index is 0.000000161. The van der Waals surface area contributed by atoms with Crippen molar-refractivity contribution in [2.75, 3.05) is 142 Å². The second kappa shape index (κ2) is 44.0. The van der Waals surface area contributed by atoms with Gasteiger partial charge in [-0.25, -0.2) is 27.6 Å². The average molecular weight is 1820 g/mol. The summed E-state index contributed by atoms with van der Waals surface area (Å²) in [5.74, 6) is 2.76. The number of ether oxygens (including phenoxy) is 9. The molecule has 0 atom stereocenters. The molecule has 6 aromatic carbocycles. The molecule has 0 spiro atoms. The van der Waals surface area contributed by atoms with Crippen LogP contribution in [0, 0.1) is 17.5 Å². The highest BCUT2D eigenvalue weighted by Crippen LogP contribution is 2.50. The maximum atomic E-state index is 14.4. The van der Waals surface area contributed by atoms with Crippen molar-refractivity contribution in [1.29, 1.82) is 0 Å². The zero-order chi connectivity index (χ0) is 94.1. The van der Waals surface area contributed by atoms with Gasteiger partial charge in [0.1, 0.15) is 34.7 Å². The fraction of sp³-hybridized carbons (Fsp3) is 0.353. The van der Waals surface area contributed by atoms with E-state index in [9.17, 15) is 41.9 Å². The Kier molecular flexibility index (Phi) is 31.5. The van der Waals surface area contributed by atoms with Crippen molar-refractivity contribution in [2.24, 2.45) is 0 Å². The zero-order valence-electron chi connectivity index (χ0n) is 77.0. The van der Waals surface area contributed by atoms with E-state index in [1.165, 1.54) is 79.1 Å². The number of rotatable bonds is 26. The second-order valence-corrected chi connectivity index (χ2v) is 33.6. The first kappa shape index (κ1) is 95.3. The molecule has 0 saturated carbocycles. The SMILES string of the molecule is COc1cc(/C=C2/C(C)=C(CC(=O)NCc3ccco3)c3cc(F)ccc32)cc(OC)c1OC(=O)N1CCN(C)CC1.COc1cc(/C=C2/C(C)=C(CC(=O)NCc3ccco3)c3cc(F)ccc32)cc(OC)c1OC(=O)N1CCN(C2CCN(C)CC2)CC1.COc1cc(/C=C2/C(C)=C(CC(=O)NCc3ccco3)c3cc(F)ccc32)cc(OC)c1OC(=O)NC1CCN(C)CC1. The molecular formula is C102H113F3N10O18. The van der Waals surface area contributed by atoms with E-state index < -0.39 is 18.3 Å².